The van der Waals surface area contributed by atoms with Crippen LogP contribution in [0.4, 0.5) is 16.0 Å². The van der Waals surface area contributed by atoms with E-state index in [1.807, 2.05) is 17.9 Å². The molecule has 1 aromatic carbocycles. The van der Waals surface area contributed by atoms with Crippen LogP contribution in [0.15, 0.2) is 41.1 Å². The van der Waals surface area contributed by atoms with Gasteiger partial charge in [0.1, 0.15) is 5.82 Å². The van der Waals surface area contributed by atoms with Gasteiger partial charge in [-0.05, 0) is 41.1 Å². The number of hydrogen-bond donors (Lipinski definition) is 0. The maximum Gasteiger partial charge on any atom is 0.229 e. The summed E-state index contributed by atoms with van der Waals surface area (Å²) in [7, 11) is 0. The third-order valence-electron chi connectivity index (χ3n) is 2.28. The fourth-order valence-corrected chi connectivity index (χ4v) is 1.73. The van der Waals surface area contributed by atoms with Crippen LogP contribution >= 0.6 is 15.9 Å². The van der Waals surface area contributed by atoms with E-state index in [0.29, 0.717) is 12.5 Å². The first-order valence-corrected chi connectivity index (χ1v) is 6.00. The van der Waals surface area contributed by atoms with Crippen LogP contribution in [0.2, 0.25) is 0 Å². The summed E-state index contributed by atoms with van der Waals surface area (Å²) in [6, 6.07) is 6.39. The lowest BCUT2D eigenvalue weighted by atomic mass is 10.3. The molecular formula is C12H11BrFN3. The second-order valence-corrected chi connectivity index (χ2v) is 4.34. The molecule has 1 heterocycles. The zero-order valence-corrected chi connectivity index (χ0v) is 10.9. The van der Waals surface area contributed by atoms with Crippen molar-refractivity contribution >= 4 is 27.6 Å². The number of nitrogens with zero attached hydrogens (tertiary/aromatic N) is 3. The normalized spacial score (nSPS) is 10.3. The van der Waals surface area contributed by atoms with Crippen molar-refractivity contribution in [2.75, 3.05) is 11.4 Å². The third kappa shape index (κ3) is 2.79. The van der Waals surface area contributed by atoms with Crippen LogP contribution in [0, 0.1) is 5.82 Å². The van der Waals surface area contributed by atoms with Gasteiger partial charge in [-0.1, -0.05) is 6.07 Å². The Kier molecular flexibility index (Phi) is 3.68. The second kappa shape index (κ2) is 5.23. The van der Waals surface area contributed by atoms with Gasteiger partial charge in [-0.25, -0.2) is 14.4 Å². The van der Waals surface area contributed by atoms with E-state index in [-0.39, 0.29) is 5.82 Å². The van der Waals surface area contributed by atoms with Crippen LogP contribution < -0.4 is 4.90 Å². The molecular weight excluding hydrogens is 285 g/mol. The van der Waals surface area contributed by atoms with E-state index in [9.17, 15) is 4.39 Å². The number of benzene rings is 1. The Labute approximate surface area is 107 Å². The molecule has 0 bridgehead atoms. The van der Waals surface area contributed by atoms with Crippen molar-refractivity contribution in [1.29, 1.82) is 0 Å². The topological polar surface area (TPSA) is 29.0 Å². The molecule has 88 valence electrons. The summed E-state index contributed by atoms with van der Waals surface area (Å²) in [6.45, 7) is 2.64. The van der Waals surface area contributed by atoms with Crippen molar-refractivity contribution in [2.24, 2.45) is 0 Å². The second-order valence-electron chi connectivity index (χ2n) is 3.43. The first-order valence-electron chi connectivity index (χ1n) is 5.21. The molecule has 0 amide bonds. The van der Waals surface area contributed by atoms with Gasteiger partial charge in [-0.3, -0.25) is 0 Å². The van der Waals surface area contributed by atoms with Crippen LogP contribution in [0.3, 0.4) is 0 Å². The molecule has 0 unspecified atom stereocenters. The van der Waals surface area contributed by atoms with E-state index in [1.54, 1.807) is 18.5 Å². The SMILES string of the molecule is CCN(c1cccc(F)c1)c1ncc(Br)cn1. The number of hydrogen-bond acceptors (Lipinski definition) is 3. The van der Waals surface area contributed by atoms with Crippen molar-refractivity contribution in [1.82, 2.24) is 9.97 Å². The summed E-state index contributed by atoms with van der Waals surface area (Å²) in [5.74, 6) is 0.291. The van der Waals surface area contributed by atoms with E-state index in [2.05, 4.69) is 25.9 Å². The molecule has 0 radical (unpaired) electrons. The Bertz CT molecular complexity index is 501. The predicted octanol–water partition coefficient (Wildman–Crippen LogP) is 3.54. The fourth-order valence-electron chi connectivity index (χ4n) is 1.53. The highest BCUT2D eigenvalue weighted by molar-refractivity contribution is 9.10. The summed E-state index contributed by atoms with van der Waals surface area (Å²) < 4.78 is 14.0. The molecule has 0 aliphatic rings. The lowest BCUT2D eigenvalue weighted by Gasteiger charge is -2.20. The molecule has 0 fully saturated rings. The fraction of sp³-hybridized carbons (Fsp3) is 0.167. The Morgan fingerprint density at radius 3 is 2.59 bits per heavy atom. The summed E-state index contributed by atoms with van der Waals surface area (Å²) in [4.78, 5) is 10.2. The van der Waals surface area contributed by atoms with Crippen molar-refractivity contribution in [3.05, 3.63) is 46.9 Å². The Balaban J connectivity index is 2.36. The highest BCUT2D eigenvalue weighted by Crippen LogP contribution is 2.22. The molecule has 3 nitrogen and oxygen atoms in total. The van der Waals surface area contributed by atoms with Crippen molar-refractivity contribution in [2.45, 2.75) is 6.92 Å². The minimum atomic E-state index is -0.266. The maximum absolute atomic E-state index is 13.2. The standard InChI is InChI=1S/C12H11BrFN3/c1-2-17(11-5-3-4-10(14)6-11)12-15-7-9(13)8-16-12/h3-8H,2H2,1H3. The van der Waals surface area contributed by atoms with E-state index >= 15 is 0 Å². The molecule has 17 heavy (non-hydrogen) atoms. The number of aromatic nitrogens is 2. The van der Waals surface area contributed by atoms with Gasteiger partial charge in [0.15, 0.2) is 0 Å². The molecule has 0 atom stereocenters. The minimum Gasteiger partial charge on any atom is -0.311 e. The molecule has 0 aliphatic carbocycles. The summed E-state index contributed by atoms with van der Waals surface area (Å²) in [5, 5.41) is 0. The Hall–Kier alpha value is -1.49. The predicted molar refractivity (Wildman–Crippen MR) is 68.8 cm³/mol. The van der Waals surface area contributed by atoms with Crippen LogP contribution in [-0.2, 0) is 0 Å². The van der Waals surface area contributed by atoms with Gasteiger partial charge in [-0.15, -0.1) is 0 Å². The van der Waals surface area contributed by atoms with E-state index in [0.717, 1.165) is 10.2 Å². The van der Waals surface area contributed by atoms with Gasteiger partial charge in [0.2, 0.25) is 5.95 Å². The van der Waals surface area contributed by atoms with E-state index in [4.69, 9.17) is 0 Å². The van der Waals surface area contributed by atoms with Crippen LogP contribution in [-0.4, -0.2) is 16.5 Å². The zero-order valence-electron chi connectivity index (χ0n) is 9.27. The highest BCUT2D eigenvalue weighted by Gasteiger charge is 2.10. The lowest BCUT2D eigenvalue weighted by molar-refractivity contribution is 0.627. The molecule has 0 aliphatic heterocycles. The third-order valence-corrected chi connectivity index (χ3v) is 2.69. The maximum atomic E-state index is 13.2. The average molecular weight is 296 g/mol. The van der Waals surface area contributed by atoms with Gasteiger partial charge < -0.3 is 4.90 Å². The molecule has 5 heteroatoms. The molecule has 2 aromatic rings. The van der Waals surface area contributed by atoms with Crippen molar-refractivity contribution in [3.63, 3.8) is 0 Å². The molecule has 1 aromatic heterocycles. The van der Waals surface area contributed by atoms with Gasteiger partial charge in [-0.2, -0.15) is 0 Å². The molecule has 0 N–H and O–H groups in total. The van der Waals surface area contributed by atoms with Crippen LogP contribution in [0.25, 0.3) is 0 Å². The number of anilines is 2. The number of halogens is 2. The van der Waals surface area contributed by atoms with Crippen molar-refractivity contribution < 1.29 is 4.39 Å². The quantitative estimate of drug-likeness (QED) is 0.867. The summed E-state index contributed by atoms with van der Waals surface area (Å²) in [6.07, 6.45) is 3.34. The molecule has 0 saturated heterocycles. The number of rotatable bonds is 3. The first-order chi connectivity index (χ1) is 8.20. The van der Waals surface area contributed by atoms with Crippen LogP contribution in [0.5, 0.6) is 0 Å². The van der Waals surface area contributed by atoms with Crippen LogP contribution in [0.1, 0.15) is 6.92 Å². The zero-order chi connectivity index (χ0) is 12.3. The molecule has 0 saturated carbocycles. The largest absolute Gasteiger partial charge is 0.311 e. The smallest absolute Gasteiger partial charge is 0.229 e. The van der Waals surface area contributed by atoms with Gasteiger partial charge in [0, 0.05) is 24.6 Å². The first kappa shape index (κ1) is 12.0. The van der Waals surface area contributed by atoms with Gasteiger partial charge in [0.05, 0.1) is 4.47 Å². The Morgan fingerprint density at radius 2 is 2.00 bits per heavy atom. The highest BCUT2D eigenvalue weighted by atomic mass is 79.9. The molecule has 0 spiro atoms. The molecule has 2 rings (SSSR count). The Morgan fingerprint density at radius 1 is 1.29 bits per heavy atom. The lowest BCUT2D eigenvalue weighted by Crippen LogP contribution is -2.18. The van der Waals surface area contributed by atoms with E-state index in [1.165, 1.54) is 12.1 Å². The van der Waals surface area contributed by atoms with Gasteiger partial charge in [0.25, 0.3) is 0 Å². The monoisotopic (exact) mass is 295 g/mol. The van der Waals surface area contributed by atoms with Gasteiger partial charge >= 0.3 is 0 Å². The minimum absolute atomic E-state index is 0.266. The van der Waals surface area contributed by atoms with Crippen molar-refractivity contribution in [3.8, 4) is 0 Å². The average Bonchev–Trinajstić information content (AvgIpc) is 2.33. The summed E-state index contributed by atoms with van der Waals surface area (Å²) in [5.41, 5.74) is 0.745. The summed E-state index contributed by atoms with van der Waals surface area (Å²) >= 11 is 3.28. The van der Waals surface area contributed by atoms with E-state index < -0.39 is 0 Å².